The number of hydrogen-bond donors (Lipinski definition) is 1. The van der Waals surface area contributed by atoms with Crippen LogP contribution in [0.1, 0.15) is 10.4 Å². The molecule has 1 N–H and O–H groups in total. The van der Waals surface area contributed by atoms with Gasteiger partial charge >= 0.3 is 5.69 Å². The SMILES string of the molecule is COc1cc(OC)c2sc(-c3ccc(N/C=C\C(=O)c4ccc(OC)c([N+](=O)[O-])c4)cc3)nc2c1. The smallest absolute Gasteiger partial charge is 0.311 e. The first-order chi connectivity index (χ1) is 16.9. The third-order valence-electron chi connectivity index (χ3n) is 5.16. The van der Waals surface area contributed by atoms with Crippen molar-refractivity contribution in [3.05, 3.63) is 82.6 Å². The van der Waals surface area contributed by atoms with Crippen molar-refractivity contribution in [1.29, 1.82) is 0 Å². The average molecular weight is 492 g/mol. The topological polar surface area (TPSA) is 113 Å². The predicted octanol–water partition coefficient (Wildman–Crippen LogP) is 5.71. The molecule has 0 aliphatic heterocycles. The molecule has 4 aromatic rings. The molecule has 178 valence electrons. The van der Waals surface area contributed by atoms with Crippen LogP contribution >= 0.6 is 11.3 Å². The number of rotatable bonds is 9. The second kappa shape index (κ2) is 10.2. The molecule has 0 aliphatic carbocycles. The summed E-state index contributed by atoms with van der Waals surface area (Å²) in [5.41, 5.74) is 2.42. The van der Waals surface area contributed by atoms with Crippen LogP contribution in [0.25, 0.3) is 20.8 Å². The number of carbonyl (C=O) groups excluding carboxylic acids is 1. The van der Waals surface area contributed by atoms with E-state index in [1.807, 2.05) is 36.4 Å². The first-order valence-electron chi connectivity index (χ1n) is 10.4. The normalized spacial score (nSPS) is 10.9. The molecule has 0 saturated carbocycles. The highest BCUT2D eigenvalue weighted by Gasteiger charge is 2.17. The Bertz CT molecular complexity index is 1430. The maximum atomic E-state index is 12.4. The molecule has 35 heavy (non-hydrogen) atoms. The number of anilines is 1. The lowest BCUT2D eigenvalue weighted by Crippen LogP contribution is -2.00. The Kier molecular flexibility index (Phi) is 6.93. The van der Waals surface area contributed by atoms with Crippen molar-refractivity contribution in [3.8, 4) is 27.8 Å². The minimum Gasteiger partial charge on any atom is -0.497 e. The zero-order chi connectivity index (χ0) is 24.9. The first-order valence-corrected chi connectivity index (χ1v) is 11.2. The van der Waals surface area contributed by atoms with E-state index in [2.05, 4.69) is 5.32 Å². The standard InChI is InChI=1S/C25H21N3O6S/c1-32-18-13-19-24(23(14-18)34-3)35-25(27-19)15-4-7-17(8-5-15)26-11-10-21(29)16-6-9-22(33-2)20(12-16)28(30)31/h4-14,26H,1-3H3/b11-10-. The van der Waals surface area contributed by atoms with Crippen LogP contribution < -0.4 is 19.5 Å². The van der Waals surface area contributed by atoms with Gasteiger partial charge in [0.05, 0.1) is 36.5 Å². The maximum Gasteiger partial charge on any atom is 0.311 e. The van der Waals surface area contributed by atoms with Crippen LogP contribution in [-0.4, -0.2) is 37.0 Å². The van der Waals surface area contributed by atoms with Crippen LogP contribution in [0.4, 0.5) is 11.4 Å². The minimum absolute atomic E-state index is 0.0967. The Hall–Kier alpha value is -4.44. The molecule has 0 aliphatic rings. The van der Waals surface area contributed by atoms with Crippen molar-refractivity contribution in [3.63, 3.8) is 0 Å². The lowest BCUT2D eigenvalue weighted by molar-refractivity contribution is -0.385. The fourth-order valence-corrected chi connectivity index (χ4v) is 4.42. The quantitative estimate of drug-likeness (QED) is 0.137. The highest BCUT2D eigenvalue weighted by atomic mass is 32.1. The number of ether oxygens (including phenoxy) is 3. The number of fused-ring (bicyclic) bond motifs is 1. The van der Waals surface area contributed by atoms with Crippen LogP contribution in [0.3, 0.4) is 0 Å². The Morgan fingerprint density at radius 1 is 1.00 bits per heavy atom. The summed E-state index contributed by atoms with van der Waals surface area (Å²) in [5, 5.41) is 15.0. The van der Waals surface area contributed by atoms with Gasteiger partial charge in [-0.05, 0) is 36.4 Å². The molecule has 0 amide bonds. The number of nitro groups is 1. The van der Waals surface area contributed by atoms with Gasteiger partial charge in [0.2, 0.25) is 0 Å². The Balaban J connectivity index is 1.47. The maximum absolute atomic E-state index is 12.4. The monoisotopic (exact) mass is 491 g/mol. The molecule has 0 fully saturated rings. The summed E-state index contributed by atoms with van der Waals surface area (Å²) < 4.78 is 16.7. The van der Waals surface area contributed by atoms with Gasteiger partial charge in [0.15, 0.2) is 11.5 Å². The fraction of sp³-hybridized carbons (Fsp3) is 0.120. The second-order valence-corrected chi connectivity index (χ2v) is 8.26. The lowest BCUT2D eigenvalue weighted by Gasteiger charge is -2.04. The molecule has 1 aromatic heterocycles. The number of allylic oxidation sites excluding steroid dienone is 1. The van der Waals surface area contributed by atoms with Crippen LogP contribution in [0.15, 0.2) is 66.9 Å². The number of methoxy groups -OCH3 is 3. The largest absolute Gasteiger partial charge is 0.497 e. The summed E-state index contributed by atoms with van der Waals surface area (Å²) in [5.74, 6) is 1.10. The van der Waals surface area contributed by atoms with Crippen molar-refractivity contribution < 1.29 is 23.9 Å². The van der Waals surface area contributed by atoms with Crippen molar-refractivity contribution in [1.82, 2.24) is 4.98 Å². The van der Waals surface area contributed by atoms with Crippen molar-refractivity contribution >= 4 is 38.7 Å². The average Bonchev–Trinajstić information content (AvgIpc) is 3.32. The van der Waals surface area contributed by atoms with E-state index >= 15 is 0 Å². The van der Waals surface area contributed by atoms with Gasteiger partial charge in [-0.1, -0.05) is 0 Å². The number of nitrogens with zero attached hydrogens (tertiary/aromatic N) is 2. The molecule has 1 heterocycles. The van der Waals surface area contributed by atoms with E-state index in [0.29, 0.717) is 11.5 Å². The number of nitro benzene ring substituents is 1. The molecule has 10 heteroatoms. The third kappa shape index (κ3) is 5.07. The number of hydrogen-bond acceptors (Lipinski definition) is 9. The van der Waals surface area contributed by atoms with Crippen molar-refractivity contribution in [2.24, 2.45) is 0 Å². The van der Waals surface area contributed by atoms with E-state index < -0.39 is 4.92 Å². The third-order valence-corrected chi connectivity index (χ3v) is 6.30. The van der Waals surface area contributed by atoms with E-state index in [-0.39, 0.29) is 22.8 Å². The predicted molar refractivity (Wildman–Crippen MR) is 135 cm³/mol. The molecule has 0 saturated heterocycles. The van der Waals surface area contributed by atoms with E-state index in [9.17, 15) is 14.9 Å². The number of benzene rings is 3. The molecule has 0 radical (unpaired) electrons. The van der Waals surface area contributed by atoms with E-state index in [0.717, 1.165) is 26.5 Å². The van der Waals surface area contributed by atoms with Gasteiger partial charge in [0, 0.05) is 47.3 Å². The number of nitrogens with one attached hydrogen (secondary N) is 1. The summed E-state index contributed by atoms with van der Waals surface area (Å²) >= 11 is 1.52. The molecular weight excluding hydrogens is 470 g/mol. The second-order valence-electron chi connectivity index (χ2n) is 7.26. The van der Waals surface area contributed by atoms with Crippen molar-refractivity contribution in [2.45, 2.75) is 0 Å². The molecule has 0 spiro atoms. The summed E-state index contributed by atoms with van der Waals surface area (Å²) in [7, 11) is 4.55. The van der Waals surface area contributed by atoms with Crippen LogP contribution in [-0.2, 0) is 0 Å². The minimum atomic E-state index is -0.586. The first kappa shape index (κ1) is 23.7. The highest BCUT2D eigenvalue weighted by molar-refractivity contribution is 7.22. The van der Waals surface area contributed by atoms with Crippen LogP contribution in [0.5, 0.6) is 17.2 Å². The summed E-state index contributed by atoms with van der Waals surface area (Å²) in [6, 6.07) is 15.4. The highest BCUT2D eigenvalue weighted by Crippen LogP contribution is 2.38. The fourth-order valence-electron chi connectivity index (χ4n) is 3.38. The number of carbonyl (C=O) groups is 1. The van der Waals surface area contributed by atoms with E-state index in [1.54, 1.807) is 14.2 Å². The van der Waals surface area contributed by atoms with Gasteiger partial charge < -0.3 is 19.5 Å². The molecule has 0 unspecified atom stereocenters. The number of thiazole rings is 1. The summed E-state index contributed by atoms with van der Waals surface area (Å²) in [6.45, 7) is 0. The molecule has 0 atom stereocenters. The lowest BCUT2D eigenvalue weighted by atomic mass is 10.1. The summed E-state index contributed by atoms with van der Waals surface area (Å²) in [4.78, 5) is 27.7. The van der Waals surface area contributed by atoms with Crippen LogP contribution in [0, 0.1) is 10.1 Å². The van der Waals surface area contributed by atoms with E-state index in [4.69, 9.17) is 19.2 Å². The zero-order valence-electron chi connectivity index (χ0n) is 19.1. The molecule has 0 bridgehead atoms. The van der Waals surface area contributed by atoms with E-state index in [1.165, 1.54) is 48.9 Å². The molecule has 9 nitrogen and oxygen atoms in total. The Morgan fingerprint density at radius 2 is 1.74 bits per heavy atom. The number of aromatic nitrogens is 1. The van der Waals surface area contributed by atoms with Gasteiger partial charge in [-0.2, -0.15) is 0 Å². The molecule has 3 aromatic carbocycles. The molecule has 4 rings (SSSR count). The molecular formula is C25H21N3O6S. The van der Waals surface area contributed by atoms with Gasteiger partial charge in [0.25, 0.3) is 0 Å². The van der Waals surface area contributed by atoms with Gasteiger partial charge in [-0.3, -0.25) is 14.9 Å². The summed E-state index contributed by atoms with van der Waals surface area (Å²) in [6.07, 6.45) is 2.80. The van der Waals surface area contributed by atoms with Gasteiger partial charge in [-0.15, -0.1) is 11.3 Å². The zero-order valence-corrected chi connectivity index (χ0v) is 19.9. The van der Waals surface area contributed by atoms with Crippen LogP contribution in [0.2, 0.25) is 0 Å². The Morgan fingerprint density at radius 3 is 2.40 bits per heavy atom. The number of ketones is 1. The van der Waals surface area contributed by atoms with Crippen molar-refractivity contribution in [2.75, 3.05) is 26.6 Å². The van der Waals surface area contributed by atoms with Gasteiger partial charge in [-0.25, -0.2) is 4.98 Å². The van der Waals surface area contributed by atoms with Gasteiger partial charge in [0.1, 0.15) is 16.5 Å². The Labute approximate surface area is 204 Å².